The minimum absolute atomic E-state index is 0.0607. The molecule has 0 spiro atoms. The van der Waals surface area contributed by atoms with E-state index in [1.54, 1.807) is 16.7 Å². The lowest BCUT2D eigenvalue weighted by atomic mass is 10.2. The number of aliphatic hydroxyl groups is 2. The third-order valence-corrected chi connectivity index (χ3v) is 5.12. The van der Waals surface area contributed by atoms with Crippen molar-refractivity contribution in [1.29, 1.82) is 0 Å². The Kier molecular flexibility index (Phi) is 4.38. The summed E-state index contributed by atoms with van der Waals surface area (Å²) in [6, 6.07) is 3.42. The third kappa shape index (κ3) is 3.23. The summed E-state index contributed by atoms with van der Waals surface area (Å²) in [5, 5.41) is 25.1. The van der Waals surface area contributed by atoms with Crippen LogP contribution in [0.25, 0.3) is 4.96 Å². The van der Waals surface area contributed by atoms with E-state index in [0.29, 0.717) is 23.7 Å². The van der Waals surface area contributed by atoms with Gasteiger partial charge in [0.05, 0.1) is 23.7 Å². The first-order valence-corrected chi connectivity index (χ1v) is 9.05. The molecule has 0 saturated carbocycles. The molecule has 8 nitrogen and oxygen atoms in total. The lowest BCUT2D eigenvalue weighted by Gasteiger charge is -2.18. The van der Waals surface area contributed by atoms with Crippen LogP contribution in [0.3, 0.4) is 0 Å². The smallest absolute Gasteiger partial charge is 0.258 e. The second kappa shape index (κ2) is 6.68. The van der Waals surface area contributed by atoms with Gasteiger partial charge in [-0.05, 0) is 12.5 Å². The lowest BCUT2D eigenvalue weighted by Crippen LogP contribution is -2.25. The van der Waals surface area contributed by atoms with E-state index >= 15 is 0 Å². The number of thiazole rings is 1. The number of nitrogens with zero attached hydrogens (tertiary/aromatic N) is 5. The van der Waals surface area contributed by atoms with Gasteiger partial charge in [-0.1, -0.05) is 0 Å². The Hall–Kier alpha value is -2.07. The van der Waals surface area contributed by atoms with Crippen LogP contribution in [0.4, 0.5) is 0 Å². The van der Waals surface area contributed by atoms with Crippen LogP contribution in [0, 0.1) is 0 Å². The second-order valence-electron chi connectivity index (χ2n) is 6.19. The highest BCUT2D eigenvalue weighted by molar-refractivity contribution is 7.15. The highest BCUT2D eigenvalue weighted by Gasteiger charge is 2.20. The maximum Gasteiger partial charge on any atom is 0.258 e. The van der Waals surface area contributed by atoms with Gasteiger partial charge in [0.1, 0.15) is 6.10 Å². The number of rotatable bonds is 4. The van der Waals surface area contributed by atoms with Crippen molar-refractivity contribution in [3.8, 4) is 0 Å². The molecule has 0 saturated heterocycles. The maximum atomic E-state index is 12.1. The number of aryl methyl sites for hydroxylation is 1. The number of fused-ring (bicyclic) bond motifs is 2. The van der Waals surface area contributed by atoms with Crippen LogP contribution in [0.2, 0.25) is 0 Å². The maximum absolute atomic E-state index is 12.1. The molecule has 1 aliphatic rings. The summed E-state index contributed by atoms with van der Waals surface area (Å²) in [4.78, 5) is 19.6. The summed E-state index contributed by atoms with van der Waals surface area (Å²) in [6.45, 7) is 2.56. The van der Waals surface area contributed by atoms with E-state index in [1.807, 2.05) is 16.1 Å². The van der Waals surface area contributed by atoms with E-state index in [9.17, 15) is 9.90 Å². The molecule has 0 bridgehead atoms. The summed E-state index contributed by atoms with van der Waals surface area (Å²) in [6.07, 6.45) is 1.71. The Bertz CT molecular complexity index is 947. The molecule has 0 amide bonds. The molecule has 3 aromatic heterocycles. The van der Waals surface area contributed by atoms with Crippen molar-refractivity contribution < 1.29 is 10.2 Å². The van der Waals surface area contributed by atoms with E-state index in [4.69, 9.17) is 5.11 Å². The van der Waals surface area contributed by atoms with Crippen molar-refractivity contribution >= 4 is 16.3 Å². The predicted octanol–water partition coefficient (Wildman–Crippen LogP) is 0.384. The van der Waals surface area contributed by atoms with Gasteiger partial charge in [0.15, 0.2) is 4.96 Å². The van der Waals surface area contributed by atoms with Crippen LogP contribution in [0.1, 0.15) is 29.6 Å². The minimum Gasteiger partial charge on any atom is -0.393 e. The Labute approximate surface area is 147 Å². The van der Waals surface area contributed by atoms with Crippen LogP contribution in [0.5, 0.6) is 0 Å². The highest BCUT2D eigenvalue weighted by Crippen LogP contribution is 2.19. The molecule has 0 fully saturated rings. The molecule has 132 valence electrons. The van der Waals surface area contributed by atoms with Crippen LogP contribution in [0.15, 0.2) is 28.5 Å². The molecule has 4 heterocycles. The predicted molar refractivity (Wildman–Crippen MR) is 92.3 cm³/mol. The van der Waals surface area contributed by atoms with Crippen LogP contribution >= 0.6 is 11.3 Å². The average molecular weight is 361 g/mol. The number of hydrogen-bond donors (Lipinski definition) is 2. The minimum atomic E-state index is -0.948. The zero-order chi connectivity index (χ0) is 17.4. The first-order chi connectivity index (χ1) is 12.1. The summed E-state index contributed by atoms with van der Waals surface area (Å²) < 4.78 is 3.44. The van der Waals surface area contributed by atoms with E-state index < -0.39 is 6.10 Å². The topological polar surface area (TPSA) is 95.9 Å². The molecule has 0 aliphatic carbocycles. The van der Waals surface area contributed by atoms with Gasteiger partial charge >= 0.3 is 0 Å². The molecule has 25 heavy (non-hydrogen) atoms. The van der Waals surface area contributed by atoms with Crippen molar-refractivity contribution in [3.05, 3.63) is 51.1 Å². The number of aromatic nitrogens is 4. The van der Waals surface area contributed by atoms with Crippen molar-refractivity contribution in [3.63, 3.8) is 0 Å². The van der Waals surface area contributed by atoms with E-state index in [2.05, 4.69) is 15.0 Å². The fourth-order valence-corrected chi connectivity index (χ4v) is 3.88. The normalized spacial score (nSPS) is 16.7. The van der Waals surface area contributed by atoms with Crippen molar-refractivity contribution in [2.45, 2.75) is 32.2 Å². The van der Waals surface area contributed by atoms with E-state index in [-0.39, 0.29) is 12.2 Å². The third-order valence-electron chi connectivity index (χ3n) is 4.37. The van der Waals surface area contributed by atoms with Gasteiger partial charge in [-0.25, -0.2) is 4.98 Å². The molecule has 1 unspecified atom stereocenters. The van der Waals surface area contributed by atoms with Crippen LogP contribution < -0.4 is 5.56 Å². The van der Waals surface area contributed by atoms with E-state index in [1.165, 1.54) is 11.3 Å². The SMILES string of the molecule is O=c1cc(CN2CCCn3nc(C(O)CO)cc3C2)nc2sccn12. The Morgan fingerprint density at radius 2 is 2.20 bits per heavy atom. The molecular formula is C16H19N5O3S. The van der Waals surface area contributed by atoms with Crippen molar-refractivity contribution in [2.24, 2.45) is 0 Å². The molecule has 0 aromatic carbocycles. The summed E-state index contributed by atoms with van der Waals surface area (Å²) in [5.41, 5.74) is 2.19. The summed E-state index contributed by atoms with van der Waals surface area (Å²) >= 11 is 1.45. The van der Waals surface area contributed by atoms with Gasteiger partial charge in [0.25, 0.3) is 5.56 Å². The fourth-order valence-electron chi connectivity index (χ4n) is 3.14. The monoisotopic (exact) mass is 361 g/mol. The van der Waals surface area contributed by atoms with Crippen LogP contribution in [-0.2, 0) is 19.6 Å². The molecule has 3 aromatic rings. The van der Waals surface area contributed by atoms with E-state index in [0.717, 1.165) is 30.9 Å². The summed E-state index contributed by atoms with van der Waals surface area (Å²) in [7, 11) is 0. The summed E-state index contributed by atoms with van der Waals surface area (Å²) in [5.74, 6) is 0. The van der Waals surface area contributed by atoms with Gasteiger partial charge in [0.2, 0.25) is 0 Å². The molecule has 4 rings (SSSR count). The van der Waals surface area contributed by atoms with Gasteiger partial charge in [0, 0.05) is 43.8 Å². The first-order valence-electron chi connectivity index (χ1n) is 8.18. The zero-order valence-corrected chi connectivity index (χ0v) is 14.4. The Morgan fingerprint density at radius 3 is 3.04 bits per heavy atom. The van der Waals surface area contributed by atoms with Gasteiger partial charge in [-0.2, -0.15) is 5.10 Å². The standard InChI is InChI=1S/C16H19N5O3S/c22-10-14(23)13-7-12-9-19(2-1-3-21(12)18-13)8-11-6-15(24)20-4-5-25-16(20)17-11/h4-7,14,22-23H,1-3,8-10H2. The van der Waals surface area contributed by atoms with Gasteiger partial charge in [-0.3, -0.25) is 18.8 Å². The van der Waals surface area contributed by atoms with Crippen LogP contribution in [-0.4, -0.2) is 47.4 Å². The largest absolute Gasteiger partial charge is 0.393 e. The number of aliphatic hydroxyl groups excluding tert-OH is 2. The van der Waals surface area contributed by atoms with Gasteiger partial charge < -0.3 is 10.2 Å². The fraction of sp³-hybridized carbons (Fsp3) is 0.438. The molecule has 0 radical (unpaired) electrons. The average Bonchev–Trinajstić information content (AvgIpc) is 3.18. The molecular weight excluding hydrogens is 342 g/mol. The van der Waals surface area contributed by atoms with Gasteiger partial charge in [-0.15, -0.1) is 11.3 Å². The number of hydrogen-bond acceptors (Lipinski definition) is 7. The lowest BCUT2D eigenvalue weighted by molar-refractivity contribution is 0.0916. The quantitative estimate of drug-likeness (QED) is 0.698. The van der Waals surface area contributed by atoms with Crippen molar-refractivity contribution in [2.75, 3.05) is 13.2 Å². The molecule has 9 heteroatoms. The molecule has 1 atom stereocenters. The highest BCUT2D eigenvalue weighted by atomic mass is 32.1. The zero-order valence-electron chi connectivity index (χ0n) is 13.6. The molecule has 2 N–H and O–H groups in total. The van der Waals surface area contributed by atoms with Crippen molar-refractivity contribution in [1.82, 2.24) is 24.1 Å². The Morgan fingerprint density at radius 1 is 1.32 bits per heavy atom. The first kappa shape index (κ1) is 16.4. The second-order valence-corrected chi connectivity index (χ2v) is 7.06. The molecule has 1 aliphatic heterocycles. The Balaban J connectivity index is 1.56.